The molecule has 9 heteroatoms. The highest BCUT2D eigenvalue weighted by molar-refractivity contribution is 7.17. The average molecular weight is 485 g/mol. The van der Waals surface area contributed by atoms with E-state index in [4.69, 9.17) is 9.47 Å². The zero-order chi connectivity index (χ0) is 24.1. The van der Waals surface area contributed by atoms with Crippen LogP contribution in [-0.4, -0.2) is 35.4 Å². The molecule has 1 aromatic carbocycles. The average Bonchev–Trinajstić information content (AvgIpc) is 3.33. The van der Waals surface area contributed by atoms with Crippen molar-refractivity contribution in [2.24, 2.45) is 11.8 Å². The highest BCUT2D eigenvalue weighted by Gasteiger charge is 2.53. The van der Waals surface area contributed by atoms with Gasteiger partial charge in [-0.25, -0.2) is 14.2 Å². The molecule has 1 aliphatic carbocycles. The van der Waals surface area contributed by atoms with Gasteiger partial charge in [0.25, 0.3) is 5.91 Å². The number of nitrogens with zero attached hydrogens (tertiary/aromatic N) is 2. The molecule has 34 heavy (non-hydrogen) atoms. The largest absolute Gasteiger partial charge is 0.483 e. The van der Waals surface area contributed by atoms with Crippen LogP contribution in [0.25, 0.3) is 0 Å². The summed E-state index contributed by atoms with van der Waals surface area (Å²) in [7, 11) is 0. The summed E-state index contributed by atoms with van der Waals surface area (Å²) in [5.74, 6) is -1.38. The second-order valence-electron chi connectivity index (χ2n) is 9.05. The number of fused-ring (bicyclic) bond motifs is 1. The molecule has 3 heterocycles. The third-order valence-corrected chi connectivity index (χ3v) is 7.88. The van der Waals surface area contributed by atoms with Gasteiger partial charge in [-0.1, -0.05) is 30.4 Å². The number of ether oxygens (including phenoxy) is 2. The molecule has 1 aromatic heterocycles. The summed E-state index contributed by atoms with van der Waals surface area (Å²) in [5.41, 5.74) is 1.30. The van der Waals surface area contributed by atoms with Crippen molar-refractivity contribution in [3.63, 3.8) is 0 Å². The molecule has 0 spiro atoms. The van der Waals surface area contributed by atoms with Crippen LogP contribution in [0.5, 0.6) is 0 Å². The molecule has 4 atom stereocenters. The fraction of sp³-hybridized carbons (Fsp3) is 0.440. The minimum Gasteiger partial charge on any atom is -0.483 e. The molecule has 1 amide bonds. The minimum atomic E-state index is -0.811. The fourth-order valence-electron chi connectivity index (χ4n) is 5.11. The van der Waals surface area contributed by atoms with Crippen LogP contribution >= 0.6 is 11.3 Å². The van der Waals surface area contributed by atoms with E-state index >= 15 is 0 Å². The van der Waals surface area contributed by atoms with Gasteiger partial charge in [0.05, 0.1) is 29.8 Å². The Morgan fingerprint density at radius 3 is 2.71 bits per heavy atom. The van der Waals surface area contributed by atoms with Gasteiger partial charge >= 0.3 is 5.97 Å². The Morgan fingerprint density at radius 1 is 1.26 bits per heavy atom. The number of rotatable bonds is 4. The van der Waals surface area contributed by atoms with Crippen LogP contribution in [0.3, 0.4) is 0 Å². The van der Waals surface area contributed by atoms with Crippen LogP contribution in [0, 0.1) is 24.6 Å². The summed E-state index contributed by atoms with van der Waals surface area (Å²) < 4.78 is 25.0. The fourth-order valence-corrected chi connectivity index (χ4v) is 6.09. The summed E-state index contributed by atoms with van der Waals surface area (Å²) >= 11 is 1.03. The number of carbonyl (C=O) groups is 3. The topological polar surface area (TPSA) is 85.8 Å². The maximum atomic E-state index is 13.7. The van der Waals surface area contributed by atoms with Crippen molar-refractivity contribution in [2.45, 2.75) is 52.2 Å². The number of anilines is 1. The van der Waals surface area contributed by atoms with Gasteiger partial charge in [0.2, 0.25) is 0 Å². The lowest BCUT2D eigenvalue weighted by molar-refractivity contribution is -0.132. The molecule has 0 radical (unpaired) electrons. The second kappa shape index (κ2) is 8.61. The number of thiazole rings is 1. The van der Waals surface area contributed by atoms with Gasteiger partial charge in [-0.3, -0.25) is 14.5 Å². The first-order chi connectivity index (χ1) is 16.3. The number of esters is 1. The molecule has 4 unspecified atom stereocenters. The lowest BCUT2D eigenvalue weighted by Gasteiger charge is -2.37. The van der Waals surface area contributed by atoms with Crippen LogP contribution in [-0.2, 0) is 19.1 Å². The predicted octanol–water partition coefficient (Wildman–Crippen LogP) is 4.51. The first-order valence-corrected chi connectivity index (χ1v) is 12.3. The molecule has 2 aromatic rings. The number of aryl methyl sites for hydroxylation is 1. The van der Waals surface area contributed by atoms with Gasteiger partial charge < -0.3 is 9.47 Å². The Morgan fingerprint density at radius 2 is 2.00 bits per heavy atom. The van der Waals surface area contributed by atoms with E-state index in [0.717, 1.165) is 17.8 Å². The maximum Gasteiger partial charge on any atom is 0.350 e. The number of ketones is 1. The third kappa shape index (κ3) is 3.62. The number of benzene rings is 1. The van der Waals surface area contributed by atoms with Gasteiger partial charge in [0.15, 0.2) is 16.7 Å². The Labute approximate surface area is 200 Å². The number of carbonyl (C=O) groups excluding carboxylic acids is 3. The molecule has 5 rings (SSSR count). The van der Waals surface area contributed by atoms with Crippen LogP contribution in [0.4, 0.5) is 9.52 Å². The van der Waals surface area contributed by atoms with Crippen LogP contribution in [0.15, 0.2) is 35.6 Å². The van der Waals surface area contributed by atoms with E-state index in [1.54, 1.807) is 26.0 Å². The first-order valence-electron chi connectivity index (χ1n) is 11.5. The normalized spacial score (nSPS) is 26.3. The van der Waals surface area contributed by atoms with Crippen molar-refractivity contribution in [3.05, 3.63) is 57.5 Å². The van der Waals surface area contributed by atoms with E-state index in [0.29, 0.717) is 34.9 Å². The lowest BCUT2D eigenvalue weighted by Crippen LogP contribution is -2.41. The number of hydrogen-bond donors (Lipinski definition) is 0. The standard InChI is InChI=1S/C25H25FN2O5S/c1-4-32-24(31)22-13(3)27-25(34-22)28-19(14-6-8-15(26)9-7-14)18-20(29)16-11-12(2)5-10-17(16)33-21(18)23(28)30/h6-9,12,16-17,19H,4-5,10-11H2,1-3H3. The number of hydrogen-bond acceptors (Lipinski definition) is 7. The lowest BCUT2D eigenvalue weighted by atomic mass is 9.74. The van der Waals surface area contributed by atoms with Gasteiger partial charge in [-0.15, -0.1) is 0 Å². The van der Waals surface area contributed by atoms with E-state index in [9.17, 15) is 18.8 Å². The Bertz CT molecular complexity index is 1200. The summed E-state index contributed by atoms with van der Waals surface area (Å²) in [6.07, 6.45) is 2.03. The molecule has 0 saturated heterocycles. The van der Waals surface area contributed by atoms with Gasteiger partial charge in [-0.2, -0.15) is 0 Å². The van der Waals surface area contributed by atoms with Crippen LogP contribution < -0.4 is 4.90 Å². The minimum absolute atomic E-state index is 0.0423. The van der Waals surface area contributed by atoms with Crippen LogP contribution in [0.2, 0.25) is 0 Å². The van der Waals surface area contributed by atoms with Gasteiger partial charge in [-0.05, 0) is 56.7 Å². The SMILES string of the molecule is CCOC(=O)c1sc(N2C(=O)C3=C(C(=O)C4CC(C)CCC4O3)C2c2ccc(F)cc2)nc1C. The molecule has 178 valence electrons. The van der Waals surface area contributed by atoms with E-state index in [1.807, 2.05) is 0 Å². The summed E-state index contributed by atoms with van der Waals surface area (Å²) in [6, 6.07) is 4.91. The van der Waals surface area contributed by atoms with Crippen molar-refractivity contribution >= 4 is 34.1 Å². The smallest absolute Gasteiger partial charge is 0.350 e. The zero-order valence-corrected chi connectivity index (χ0v) is 20.0. The maximum absolute atomic E-state index is 13.7. The summed E-state index contributed by atoms with van der Waals surface area (Å²) in [6.45, 7) is 5.72. The van der Waals surface area contributed by atoms with Crippen molar-refractivity contribution in [3.8, 4) is 0 Å². The molecule has 1 saturated carbocycles. The molecule has 0 bridgehead atoms. The van der Waals surface area contributed by atoms with E-state index in [1.165, 1.54) is 17.0 Å². The molecule has 2 aliphatic heterocycles. The Balaban J connectivity index is 1.61. The molecular formula is C25H25FN2O5S. The zero-order valence-electron chi connectivity index (χ0n) is 19.2. The van der Waals surface area contributed by atoms with Crippen molar-refractivity contribution in [1.82, 2.24) is 4.98 Å². The summed E-state index contributed by atoms with van der Waals surface area (Å²) in [4.78, 5) is 46.0. The number of Topliss-reactive ketones (excluding diaryl/α,β-unsaturated/α-hetero) is 1. The van der Waals surface area contributed by atoms with E-state index < -0.39 is 23.7 Å². The highest BCUT2D eigenvalue weighted by Crippen LogP contribution is 2.49. The third-order valence-electron chi connectivity index (χ3n) is 6.75. The summed E-state index contributed by atoms with van der Waals surface area (Å²) in [5, 5.41) is 0.266. The molecule has 7 nitrogen and oxygen atoms in total. The van der Waals surface area contributed by atoms with Gasteiger partial charge in [0, 0.05) is 0 Å². The van der Waals surface area contributed by atoms with Crippen molar-refractivity contribution in [1.29, 1.82) is 0 Å². The number of amides is 1. The van der Waals surface area contributed by atoms with E-state index in [-0.39, 0.29) is 40.9 Å². The predicted molar refractivity (Wildman–Crippen MR) is 123 cm³/mol. The first kappa shape index (κ1) is 22.7. The Kier molecular flexibility index (Phi) is 5.75. The molecule has 3 aliphatic rings. The second-order valence-corrected chi connectivity index (χ2v) is 10.0. The van der Waals surface area contributed by atoms with E-state index in [2.05, 4.69) is 11.9 Å². The van der Waals surface area contributed by atoms with Crippen molar-refractivity contribution in [2.75, 3.05) is 11.5 Å². The van der Waals surface area contributed by atoms with Crippen LogP contribution in [0.1, 0.15) is 60.1 Å². The molecular weight excluding hydrogens is 459 g/mol. The highest BCUT2D eigenvalue weighted by atomic mass is 32.1. The molecule has 1 fully saturated rings. The monoisotopic (exact) mass is 484 g/mol. The quantitative estimate of drug-likeness (QED) is 0.594. The van der Waals surface area contributed by atoms with Gasteiger partial charge in [0.1, 0.15) is 16.8 Å². The van der Waals surface area contributed by atoms with Crippen molar-refractivity contribution < 1.29 is 28.2 Å². The Hall–Kier alpha value is -3.07. The number of aromatic nitrogens is 1. The number of halogens is 1. The molecule has 0 N–H and O–H groups in total.